The molecule has 0 saturated heterocycles. The van der Waals surface area contributed by atoms with Crippen LogP contribution in [0, 0.1) is 0 Å². The normalized spacial score (nSPS) is 10.1. The minimum absolute atomic E-state index is 0.00214. The van der Waals surface area contributed by atoms with Crippen molar-refractivity contribution < 1.29 is 9.59 Å². The molecule has 0 fully saturated rings. The second-order valence-corrected chi connectivity index (χ2v) is 4.69. The second kappa shape index (κ2) is 6.35. The van der Waals surface area contributed by atoms with E-state index in [1.54, 1.807) is 42.5 Å². The van der Waals surface area contributed by atoms with Crippen molar-refractivity contribution in [1.82, 2.24) is 0 Å². The van der Waals surface area contributed by atoms with Crippen LogP contribution in [0.4, 0.5) is 5.69 Å². The van der Waals surface area contributed by atoms with E-state index in [1.807, 2.05) is 6.07 Å². The van der Waals surface area contributed by atoms with Gasteiger partial charge < -0.3 is 5.32 Å². The maximum Gasteiger partial charge on any atom is 0.255 e. The fourth-order valence-corrected chi connectivity index (χ4v) is 1.95. The fourth-order valence-electron chi connectivity index (χ4n) is 1.79. The molecule has 4 heteroatoms. The van der Waals surface area contributed by atoms with Gasteiger partial charge in [0.1, 0.15) is 0 Å². The molecule has 0 saturated carbocycles. The van der Waals surface area contributed by atoms with Crippen molar-refractivity contribution in [2.45, 2.75) is 12.8 Å². The number of halogens is 1. The van der Waals surface area contributed by atoms with Gasteiger partial charge in [0.05, 0.1) is 0 Å². The van der Waals surface area contributed by atoms with E-state index in [9.17, 15) is 9.59 Å². The molecule has 0 heterocycles. The van der Waals surface area contributed by atoms with Crippen LogP contribution in [0.2, 0.25) is 0 Å². The first-order valence-corrected chi connectivity index (χ1v) is 6.71. The third-order valence-electron chi connectivity index (χ3n) is 2.89. The third kappa shape index (κ3) is 3.45. The molecule has 2 aromatic rings. The number of alkyl halides is 1. The summed E-state index contributed by atoms with van der Waals surface area (Å²) in [5.41, 5.74) is 2.72. The summed E-state index contributed by atoms with van der Waals surface area (Å²) in [6, 6.07) is 13.9. The molecule has 0 bridgehead atoms. The van der Waals surface area contributed by atoms with Gasteiger partial charge in [-0.05, 0) is 48.9 Å². The van der Waals surface area contributed by atoms with Crippen LogP contribution in [0.15, 0.2) is 48.5 Å². The number of nitrogens with one attached hydrogen (secondary N) is 1. The van der Waals surface area contributed by atoms with Crippen LogP contribution >= 0.6 is 11.6 Å². The van der Waals surface area contributed by atoms with Gasteiger partial charge in [-0.15, -0.1) is 11.6 Å². The Bertz CT molecular complexity index is 635. The van der Waals surface area contributed by atoms with Crippen LogP contribution in [0.3, 0.4) is 0 Å². The van der Waals surface area contributed by atoms with Crippen molar-refractivity contribution in [3.63, 3.8) is 0 Å². The van der Waals surface area contributed by atoms with Crippen LogP contribution in [-0.4, -0.2) is 11.7 Å². The van der Waals surface area contributed by atoms with E-state index >= 15 is 0 Å². The minimum atomic E-state index is -0.201. The van der Waals surface area contributed by atoms with Crippen LogP contribution < -0.4 is 5.32 Å². The summed E-state index contributed by atoms with van der Waals surface area (Å²) in [7, 11) is 0. The molecule has 0 aliphatic rings. The van der Waals surface area contributed by atoms with E-state index in [2.05, 4.69) is 5.32 Å². The molecule has 3 nitrogen and oxygen atoms in total. The van der Waals surface area contributed by atoms with Crippen LogP contribution in [0.25, 0.3) is 0 Å². The molecule has 0 unspecified atom stereocenters. The molecule has 0 aliphatic carbocycles. The van der Waals surface area contributed by atoms with Gasteiger partial charge in [-0.2, -0.15) is 0 Å². The molecule has 2 aromatic carbocycles. The lowest BCUT2D eigenvalue weighted by Gasteiger charge is -2.06. The zero-order valence-electron chi connectivity index (χ0n) is 11.0. The van der Waals surface area contributed by atoms with E-state index in [1.165, 1.54) is 6.92 Å². The number of benzene rings is 2. The monoisotopic (exact) mass is 287 g/mol. The number of Topliss-reactive ketones (excluding diaryl/α,β-unsaturated/α-hetero) is 1. The predicted molar refractivity (Wildman–Crippen MR) is 80.4 cm³/mol. The molecule has 102 valence electrons. The Morgan fingerprint density at radius 1 is 1.05 bits per heavy atom. The predicted octanol–water partition coefficient (Wildman–Crippen LogP) is 3.88. The molecule has 0 aromatic heterocycles. The van der Waals surface area contributed by atoms with Crippen molar-refractivity contribution in [2.75, 3.05) is 5.32 Å². The molecule has 0 aliphatic heterocycles. The van der Waals surface area contributed by atoms with Crippen LogP contribution in [-0.2, 0) is 5.88 Å². The van der Waals surface area contributed by atoms with Gasteiger partial charge in [-0.3, -0.25) is 9.59 Å². The lowest BCUT2D eigenvalue weighted by Crippen LogP contribution is -2.12. The summed E-state index contributed by atoms with van der Waals surface area (Å²) in [5.74, 6) is 0.166. The summed E-state index contributed by atoms with van der Waals surface area (Å²) in [6.07, 6.45) is 0. The van der Waals surface area contributed by atoms with Gasteiger partial charge >= 0.3 is 0 Å². The van der Waals surface area contributed by atoms with Gasteiger partial charge in [-0.1, -0.05) is 12.1 Å². The molecule has 0 radical (unpaired) electrons. The number of carbonyl (C=O) groups excluding carboxylic acids is 2. The van der Waals surface area contributed by atoms with Crippen molar-refractivity contribution in [2.24, 2.45) is 0 Å². The molecule has 20 heavy (non-hydrogen) atoms. The van der Waals surface area contributed by atoms with Gasteiger partial charge in [0.15, 0.2) is 5.78 Å². The highest BCUT2D eigenvalue weighted by atomic mass is 35.5. The maximum absolute atomic E-state index is 12.1. The van der Waals surface area contributed by atoms with E-state index in [-0.39, 0.29) is 11.7 Å². The summed E-state index contributed by atoms with van der Waals surface area (Å²) in [5, 5.41) is 2.78. The van der Waals surface area contributed by atoms with Crippen molar-refractivity contribution >= 4 is 29.0 Å². The summed E-state index contributed by atoms with van der Waals surface area (Å²) in [6.45, 7) is 1.51. The summed E-state index contributed by atoms with van der Waals surface area (Å²) >= 11 is 5.75. The largest absolute Gasteiger partial charge is 0.322 e. The summed E-state index contributed by atoms with van der Waals surface area (Å²) in [4.78, 5) is 23.3. The zero-order valence-corrected chi connectivity index (χ0v) is 11.8. The average molecular weight is 288 g/mol. The minimum Gasteiger partial charge on any atom is -0.322 e. The van der Waals surface area contributed by atoms with E-state index in [0.29, 0.717) is 22.7 Å². The van der Waals surface area contributed by atoms with Gasteiger partial charge in [0.2, 0.25) is 0 Å². The Kier molecular flexibility index (Phi) is 4.53. The van der Waals surface area contributed by atoms with Gasteiger partial charge in [0.25, 0.3) is 5.91 Å². The van der Waals surface area contributed by atoms with E-state index in [4.69, 9.17) is 11.6 Å². The topological polar surface area (TPSA) is 46.2 Å². The number of anilines is 1. The SMILES string of the molecule is CC(=O)c1ccc(NC(=O)c2cccc(CCl)c2)cc1. The summed E-state index contributed by atoms with van der Waals surface area (Å²) < 4.78 is 0. The molecule has 1 amide bonds. The number of carbonyl (C=O) groups is 2. The number of ketones is 1. The average Bonchev–Trinajstić information content (AvgIpc) is 2.47. The number of rotatable bonds is 4. The highest BCUT2D eigenvalue weighted by molar-refractivity contribution is 6.17. The molecule has 0 atom stereocenters. The molecule has 2 rings (SSSR count). The quantitative estimate of drug-likeness (QED) is 0.685. The molecular weight excluding hydrogens is 274 g/mol. The van der Waals surface area contributed by atoms with Crippen molar-refractivity contribution in [1.29, 1.82) is 0 Å². The second-order valence-electron chi connectivity index (χ2n) is 4.42. The van der Waals surface area contributed by atoms with Gasteiger partial charge in [-0.25, -0.2) is 0 Å². The highest BCUT2D eigenvalue weighted by Gasteiger charge is 2.07. The van der Waals surface area contributed by atoms with Gasteiger partial charge in [0, 0.05) is 22.7 Å². The van der Waals surface area contributed by atoms with Crippen LogP contribution in [0.5, 0.6) is 0 Å². The lowest BCUT2D eigenvalue weighted by molar-refractivity contribution is 0.101. The number of hydrogen-bond acceptors (Lipinski definition) is 2. The van der Waals surface area contributed by atoms with Crippen molar-refractivity contribution in [3.8, 4) is 0 Å². The first-order valence-electron chi connectivity index (χ1n) is 6.17. The lowest BCUT2D eigenvalue weighted by atomic mass is 10.1. The number of amides is 1. The van der Waals surface area contributed by atoms with Crippen molar-refractivity contribution in [3.05, 3.63) is 65.2 Å². The maximum atomic E-state index is 12.1. The zero-order chi connectivity index (χ0) is 14.5. The Morgan fingerprint density at radius 3 is 2.35 bits per heavy atom. The Morgan fingerprint density at radius 2 is 1.75 bits per heavy atom. The Labute approximate surface area is 122 Å². The third-order valence-corrected chi connectivity index (χ3v) is 3.20. The molecule has 1 N–H and O–H groups in total. The highest BCUT2D eigenvalue weighted by Crippen LogP contribution is 2.13. The first kappa shape index (κ1) is 14.3. The molecular formula is C16H14ClNO2. The van der Waals surface area contributed by atoms with E-state index < -0.39 is 0 Å². The smallest absolute Gasteiger partial charge is 0.255 e. The Balaban J connectivity index is 2.12. The molecule has 0 spiro atoms. The number of hydrogen-bond donors (Lipinski definition) is 1. The van der Waals surface area contributed by atoms with Crippen LogP contribution in [0.1, 0.15) is 33.2 Å². The first-order chi connectivity index (χ1) is 9.60. The Hall–Kier alpha value is -2.13. The standard InChI is InChI=1S/C16H14ClNO2/c1-11(19)13-5-7-15(8-6-13)18-16(20)14-4-2-3-12(9-14)10-17/h2-9H,10H2,1H3,(H,18,20). The van der Waals surface area contributed by atoms with E-state index in [0.717, 1.165) is 5.56 Å². The fraction of sp³-hybridized carbons (Fsp3) is 0.125.